The molecule has 0 aliphatic carbocycles. The van der Waals surface area contributed by atoms with E-state index in [1.165, 1.54) is 5.56 Å². The van der Waals surface area contributed by atoms with Crippen LogP contribution >= 0.6 is 0 Å². The first-order valence-electron chi connectivity index (χ1n) is 4.32. The van der Waals surface area contributed by atoms with Crippen molar-refractivity contribution in [3.63, 3.8) is 0 Å². The molecule has 66 valence electrons. The van der Waals surface area contributed by atoms with Crippen LogP contribution in [0, 0.1) is 0 Å². The van der Waals surface area contributed by atoms with Crippen molar-refractivity contribution in [1.82, 2.24) is 4.57 Å². The minimum Gasteiger partial charge on any atom is -0.354 e. The molecule has 1 atom stereocenters. The Labute approximate surface area is 73.7 Å². The van der Waals surface area contributed by atoms with Crippen LogP contribution in [0.3, 0.4) is 0 Å². The molecule has 1 heterocycles. The monoisotopic (exact) mass is 164 g/mol. The van der Waals surface area contributed by atoms with E-state index >= 15 is 0 Å². The fraction of sp³-hybridized carbons (Fsp3) is 0.400. The normalized spacial score (nSPS) is 13.9. The predicted octanol–water partition coefficient (Wildman–Crippen LogP) is 1.87. The molecule has 0 spiro atoms. The number of hydrogen-bond acceptors (Lipinski definition) is 1. The van der Waals surface area contributed by atoms with Gasteiger partial charge in [-0.2, -0.15) is 0 Å². The van der Waals surface area contributed by atoms with E-state index in [1.807, 2.05) is 13.0 Å². The molecule has 12 heavy (non-hydrogen) atoms. The minimum atomic E-state index is 0.134. The van der Waals surface area contributed by atoms with Gasteiger partial charge in [0, 0.05) is 25.0 Å². The standard InChI is InChI=1S/C10H16N2/c1-3-12-7-6-10(8-12)5-4-9(2)11/h4-9H,3,11H2,1-2H3/b5-4+. The van der Waals surface area contributed by atoms with Crippen LogP contribution in [-0.4, -0.2) is 10.6 Å². The van der Waals surface area contributed by atoms with E-state index in [0.29, 0.717) is 0 Å². The fourth-order valence-electron chi connectivity index (χ4n) is 1.02. The fourth-order valence-corrected chi connectivity index (χ4v) is 1.02. The maximum atomic E-state index is 5.59. The molecule has 2 heteroatoms. The van der Waals surface area contributed by atoms with Crippen molar-refractivity contribution in [2.45, 2.75) is 26.4 Å². The van der Waals surface area contributed by atoms with Gasteiger partial charge in [-0.05, 0) is 25.5 Å². The summed E-state index contributed by atoms with van der Waals surface area (Å²) >= 11 is 0. The molecule has 1 aromatic rings. The second-order valence-electron chi connectivity index (χ2n) is 2.99. The first kappa shape index (κ1) is 9.07. The lowest BCUT2D eigenvalue weighted by atomic mass is 10.2. The summed E-state index contributed by atoms with van der Waals surface area (Å²) in [5.41, 5.74) is 6.80. The van der Waals surface area contributed by atoms with Crippen LogP contribution in [0.25, 0.3) is 6.08 Å². The predicted molar refractivity (Wildman–Crippen MR) is 52.8 cm³/mol. The highest BCUT2D eigenvalue weighted by molar-refractivity contribution is 5.48. The van der Waals surface area contributed by atoms with E-state index in [4.69, 9.17) is 5.73 Å². The van der Waals surface area contributed by atoms with Crippen molar-refractivity contribution in [3.05, 3.63) is 30.1 Å². The third-order valence-electron chi connectivity index (χ3n) is 1.73. The number of nitrogens with two attached hydrogens (primary N) is 1. The average molecular weight is 164 g/mol. The molecule has 0 saturated carbocycles. The first-order valence-corrected chi connectivity index (χ1v) is 4.32. The second-order valence-corrected chi connectivity index (χ2v) is 2.99. The highest BCUT2D eigenvalue weighted by atomic mass is 14.9. The van der Waals surface area contributed by atoms with E-state index in [1.54, 1.807) is 0 Å². The minimum absolute atomic E-state index is 0.134. The zero-order valence-electron chi connectivity index (χ0n) is 7.70. The van der Waals surface area contributed by atoms with Gasteiger partial charge in [-0.25, -0.2) is 0 Å². The van der Waals surface area contributed by atoms with Gasteiger partial charge < -0.3 is 10.3 Å². The van der Waals surface area contributed by atoms with Crippen LogP contribution in [0.1, 0.15) is 19.4 Å². The Hall–Kier alpha value is -1.02. The molecular weight excluding hydrogens is 148 g/mol. The lowest BCUT2D eigenvalue weighted by Gasteiger charge is -1.93. The Bertz CT molecular complexity index is 259. The van der Waals surface area contributed by atoms with E-state index < -0.39 is 0 Å². The summed E-state index contributed by atoms with van der Waals surface area (Å²) in [6.45, 7) is 5.11. The summed E-state index contributed by atoms with van der Waals surface area (Å²) in [7, 11) is 0. The molecule has 0 aliphatic rings. The van der Waals surface area contributed by atoms with Gasteiger partial charge in [-0.1, -0.05) is 12.2 Å². The van der Waals surface area contributed by atoms with E-state index in [-0.39, 0.29) is 6.04 Å². The van der Waals surface area contributed by atoms with Gasteiger partial charge in [0.2, 0.25) is 0 Å². The smallest absolute Gasteiger partial charge is 0.0198 e. The van der Waals surface area contributed by atoms with Crippen LogP contribution in [0.4, 0.5) is 0 Å². The largest absolute Gasteiger partial charge is 0.354 e. The molecule has 0 saturated heterocycles. The summed E-state index contributed by atoms with van der Waals surface area (Å²) in [6.07, 6.45) is 8.23. The molecule has 0 fully saturated rings. The summed E-state index contributed by atoms with van der Waals surface area (Å²) in [5, 5.41) is 0. The Balaban J connectivity index is 2.63. The number of aromatic nitrogens is 1. The number of nitrogens with zero attached hydrogens (tertiary/aromatic N) is 1. The summed E-state index contributed by atoms with van der Waals surface area (Å²) in [6, 6.07) is 2.22. The third-order valence-corrected chi connectivity index (χ3v) is 1.73. The van der Waals surface area contributed by atoms with Crippen molar-refractivity contribution in [2.75, 3.05) is 0 Å². The molecule has 1 rings (SSSR count). The highest BCUT2D eigenvalue weighted by Gasteiger charge is 1.90. The highest BCUT2D eigenvalue weighted by Crippen LogP contribution is 2.03. The van der Waals surface area contributed by atoms with Crippen molar-refractivity contribution in [3.8, 4) is 0 Å². The molecule has 0 radical (unpaired) electrons. The van der Waals surface area contributed by atoms with Gasteiger partial charge in [0.05, 0.1) is 0 Å². The molecule has 2 N–H and O–H groups in total. The van der Waals surface area contributed by atoms with Gasteiger partial charge in [0.15, 0.2) is 0 Å². The number of hydrogen-bond donors (Lipinski definition) is 1. The van der Waals surface area contributed by atoms with Crippen LogP contribution in [-0.2, 0) is 6.54 Å². The van der Waals surface area contributed by atoms with Gasteiger partial charge in [-0.3, -0.25) is 0 Å². The Morgan fingerprint density at radius 1 is 1.67 bits per heavy atom. The van der Waals surface area contributed by atoms with Crippen LogP contribution in [0.5, 0.6) is 0 Å². The van der Waals surface area contributed by atoms with Crippen LogP contribution in [0.2, 0.25) is 0 Å². The topological polar surface area (TPSA) is 30.9 Å². The van der Waals surface area contributed by atoms with Crippen LogP contribution in [0.15, 0.2) is 24.5 Å². The maximum absolute atomic E-state index is 5.59. The zero-order valence-corrected chi connectivity index (χ0v) is 7.70. The molecular formula is C10H16N2. The molecule has 0 amide bonds. The van der Waals surface area contributed by atoms with E-state index in [2.05, 4.69) is 36.0 Å². The molecule has 0 aliphatic heterocycles. The Morgan fingerprint density at radius 2 is 2.42 bits per heavy atom. The Morgan fingerprint density at radius 3 is 2.92 bits per heavy atom. The van der Waals surface area contributed by atoms with Crippen molar-refractivity contribution in [1.29, 1.82) is 0 Å². The molecule has 2 nitrogen and oxygen atoms in total. The number of rotatable bonds is 3. The SMILES string of the molecule is CCn1ccc(/C=C/C(C)N)c1. The molecule has 0 aromatic carbocycles. The average Bonchev–Trinajstić information content (AvgIpc) is 2.48. The summed E-state index contributed by atoms with van der Waals surface area (Å²) in [4.78, 5) is 0. The quantitative estimate of drug-likeness (QED) is 0.726. The third kappa shape index (κ3) is 2.55. The van der Waals surface area contributed by atoms with Gasteiger partial charge in [0.1, 0.15) is 0 Å². The van der Waals surface area contributed by atoms with Crippen molar-refractivity contribution < 1.29 is 0 Å². The number of aryl methyl sites for hydroxylation is 1. The second kappa shape index (κ2) is 4.12. The summed E-state index contributed by atoms with van der Waals surface area (Å²) < 4.78 is 2.14. The van der Waals surface area contributed by atoms with E-state index in [9.17, 15) is 0 Å². The van der Waals surface area contributed by atoms with Gasteiger partial charge in [0.25, 0.3) is 0 Å². The van der Waals surface area contributed by atoms with Gasteiger partial charge >= 0.3 is 0 Å². The zero-order chi connectivity index (χ0) is 8.97. The molecule has 1 aromatic heterocycles. The Kier molecular flexibility index (Phi) is 3.11. The summed E-state index contributed by atoms with van der Waals surface area (Å²) in [5.74, 6) is 0. The van der Waals surface area contributed by atoms with Crippen molar-refractivity contribution in [2.24, 2.45) is 5.73 Å². The maximum Gasteiger partial charge on any atom is 0.0198 e. The van der Waals surface area contributed by atoms with Gasteiger partial charge in [-0.15, -0.1) is 0 Å². The molecule has 0 bridgehead atoms. The lowest BCUT2D eigenvalue weighted by Crippen LogP contribution is -2.09. The first-order chi connectivity index (χ1) is 5.72. The lowest BCUT2D eigenvalue weighted by molar-refractivity contribution is 0.769. The van der Waals surface area contributed by atoms with Crippen LogP contribution < -0.4 is 5.73 Å². The molecule has 1 unspecified atom stereocenters. The van der Waals surface area contributed by atoms with Crippen molar-refractivity contribution >= 4 is 6.08 Å². The van der Waals surface area contributed by atoms with E-state index in [0.717, 1.165) is 6.54 Å².